The van der Waals surface area contributed by atoms with Crippen LogP contribution in [0.25, 0.3) is 0 Å². The van der Waals surface area contributed by atoms with E-state index in [1.807, 2.05) is 0 Å². The van der Waals surface area contributed by atoms with E-state index >= 15 is 0 Å². The van der Waals surface area contributed by atoms with Crippen molar-refractivity contribution in [3.63, 3.8) is 0 Å². The summed E-state index contributed by atoms with van der Waals surface area (Å²) in [5.74, 6) is -3.49. The highest BCUT2D eigenvalue weighted by molar-refractivity contribution is 9.12. The first-order valence-corrected chi connectivity index (χ1v) is 11.2. The number of carbonyl (C=O) groups is 1. The van der Waals surface area contributed by atoms with Crippen molar-refractivity contribution in [2.45, 2.75) is 50.2 Å². The number of esters is 1. The van der Waals surface area contributed by atoms with Gasteiger partial charge in [0.25, 0.3) is 0 Å². The Morgan fingerprint density at radius 2 is 1.38 bits per heavy atom. The predicted molar refractivity (Wildman–Crippen MR) is 113 cm³/mol. The van der Waals surface area contributed by atoms with Crippen LogP contribution in [0.2, 0.25) is 0 Å². The summed E-state index contributed by atoms with van der Waals surface area (Å²) >= 11 is 6.16. The maximum Gasteiger partial charge on any atom is 0.392 e. The minimum Gasteiger partial charge on any atom is -0.453 e. The Hall–Kier alpha value is -1.33. The number of hydrogen-bond acceptors (Lipinski definition) is 3. The molecule has 0 aliphatic heterocycles. The smallest absolute Gasteiger partial charge is 0.392 e. The van der Waals surface area contributed by atoms with Gasteiger partial charge in [0.2, 0.25) is 0 Å². The molecule has 3 rings (SSSR count). The Bertz CT molecular complexity index is 836. The molecule has 2 aliphatic rings. The van der Waals surface area contributed by atoms with Crippen LogP contribution in [0.4, 0.5) is 26.3 Å². The highest BCUT2D eigenvalue weighted by Gasteiger charge is 2.43. The second-order valence-corrected chi connectivity index (χ2v) is 9.21. The number of aliphatic hydroxyl groups excluding tert-OH is 1. The summed E-state index contributed by atoms with van der Waals surface area (Å²) in [5.41, 5.74) is 0.321. The van der Waals surface area contributed by atoms with E-state index in [1.54, 1.807) is 30.3 Å². The van der Waals surface area contributed by atoms with Crippen molar-refractivity contribution >= 4 is 37.8 Å². The summed E-state index contributed by atoms with van der Waals surface area (Å²) in [4.78, 5) is 11.9. The minimum absolute atomic E-state index is 0.0405. The Labute approximate surface area is 197 Å². The number of ether oxygens (including phenoxy) is 1. The van der Waals surface area contributed by atoms with Gasteiger partial charge in [-0.15, -0.1) is 0 Å². The van der Waals surface area contributed by atoms with Crippen LogP contribution in [0.15, 0.2) is 51.4 Å². The Balaban J connectivity index is 0.000000258. The highest BCUT2D eigenvalue weighted by Crippen LogP contribution is 2.40. The third-order valence-electron chi connectivity index (χ3n) is 5.01. The van der Waals surface area contributed by atoms with Gasteiger partial charge in [0.05, 0.1) is 23.5 Å². The number of carbonyl (C=O) groups excluding carboxylic acids is 1. The molecule has 0 spiro atoms. The summed E-state index contributed by atoms with van der Waals surface area (Å²) in [6, 6.07) is 8.20. The third kappa shape index (κ3) is 7.91. The molecule has 4 atom stereocenters. The predicted octanol–water partition coefficient (Wildman–Crippen LogP) is 7.06. The molecular formula is C21H20Br2F6O3. The van der Waals surface area contributed by atoms with Crippen molar-refractivity contribution in [2.75, 3.05) is 0 Å². The second kappa shape index (κ2) is 11.2. The number of benzene rings is 1. The zero-order valence-corrected chi connectivity index (χ0v) is 19.6. The summed E-state index contributed by atoms with van der Waals surface area (Å²) in [6.07, 6.45) is -8.16. The lowest BCUT2D eigenvalue weighted by atomic mass is 9.92. The fourth-order valence-electron chi connectivity index (χ4n) is 3.13. The summed E-state index contributed by atoms with van der Waals surface area (Å²) in [7, 11) is 0. The van der Waals surface area contributed by atoms with Gasteiger partial charge in [-0.2, -0.15) is 26.3 Å². The van der Waals surface area contributed by atoms with Gasteiger partial charge in [-0.05, 0) is 31.4 Å². The Kier molecular flexibility index (Phi) is 9.42. The number of halogens is 8. The minimum atomic E-state index is -4.28. The average molecular weight is 594 g/mol. The van der Waals surface area contributed by atoms with E-state index in [0.717, 1.165) is 0 Å². The Morgan fingerprint density at radius 1 is 0.875 bits per heavy atom. The lowest BCUT2D eigenvalue weighted by Crippen LogP contribution is -2.32. The molecule has 0 saturated carbocycles. The molecule has 3 nitrogen and oxygen atoms in total. The van der Waals surface area contributed by atoms with Crippen LogP contribution < -0.4 is 0 Å². The number of rotatable bonds is 2. The van der Waals surface area contributed by atoms with Crippen molar-refractivity contribution in [3.05, 3.63) is 57.0 Å². The van der Waals surface area contributed by atoms with Crippen LogP contribution in [0, 0.1) is 11.8 Å². The fourth-order valence-corrected chi connectivity index (χ4v) is 3.97. The second-order valence-electron chi connectivity index (χ2n) is 7.37. The number of aliphatic hydroxyl groups is 1. The standard InChI is InChI=1S/C14H12BrF3O2.C7H8BrF3O/c15-11-7-6-10(14(16,17)18)8-12(11)20-13(19)9-4-2-1-3-5-9;8-5-2-1-4(3-6(5)12)7(9,10)11/h1-5,7,10,12H,6,8H2;2,4,6,12H,1,3H2/t10-,12+;4-,6+/m11/s1. The first kappa shape index (κ1) is 26.9. The van der Waals surface area contributed by atoms with E-state index in [-0.39, 0.29) is 25.7 Å². The van der Waals surface area contributed by atoms with Gasteiger partial charge in [-0.1, -0.05) is 62.2 Å². The molecule has 0 bridgehead atoms. The molecule has 1 N–H and O–H groups in total. The third-order valence-corrected chi connectivity index (χ3v) is 6.70. The molecule has 178 valence electrons. The molecule has 32 heavy (non-hydrogen) atoms. The zero-order valence-electron chi connectivity index (χ0n) is 16.5. The zero-order chi connectivity index (χ0) is 24.1. The average Bonchev–Trinajstić information content (AvgIpc) is 2.71. The molecule has 1 aromatic carbocycles. The van der Waals surface area contributed by atoms with Crippen LogP contribution in [0.3, 0.4) is 0 Å². The maximum absolute atomic E-state index is 12.7. The lowest BCUT2D eigenvalue weighted by molar-refractivity contribution is -0.181. The van der Waals surface area contributed by atoms with Gasteiger partial charge in [0.15, 0.2) is 0 Å². The van der Waals surface area contributed by atoms with Gasteiger partial charge < -0.3 is 9.84 Å². The van der Waals surface area contributed by atoms with Gasteiger partial charge >= 0.3 is 18.3 Å². The molecule has 0 heterocycles. The van der Waals surface area contributed by atoms with Crippen molar-refractivity contribution in [3.8, 4) is 0 Å². The van der Waals surface area contributed by atoms with Gasteiger partial charge in [0.1, 0.15) is 6.10 Å². The van der Waals surface area contributed by atoms with E-state index in [0.29, 0.717) is 14.5 Å². The SMILES string of the molecule is O=C(O[C@H]1C[C@H](C(F)(F)F)CC=C1Br)c1ccccc1.O[C@H]1C[C@H](C(F)(F)F)CC=C1Br. The highest BCUT2D eigenvalue weighted by atomic mass is 79.9. The molecule has 0 aromatic heterocycles. The van der Waals surface area contributed by atoms with E-state index in [9.17, 15) is 31.1 Å². The quantitative estimate of drug-likeness (QED) is 0.295. The monoisotopic (exact) mass is 592 g/mol. The molecule has 2 aliphatic carbocycles. The molecule has 0 unspecified atom stereocenters. The first-order valence-electron chi connectivity index (χ1n) is 9.57. The summed E-state index contributed by atoms with van der Waals surface area (Å²) in [6.45, 7) is 0. The largest absolute Gasteiger partial charge is 0.453 e. The molecule has 0 saturated heterocycles. The first-order chi connectivity index (χ1) is 14.8. The Morgan fingerprint density at radius 3 is 1.88 bits per heavy atom. The van der Waals surface area contributed by atoms with Crippen LogP contribution in [0.1, 0.15) is 36.0 Å². The van der Waals surface area contributed by atoms with Crippen molar-refractivity contribution < 1.29 is 41.0 Å². The molecule has 11 heteroatoms. The molecule has 0 radical (unpaired) electrons. The topological polar surface area (TPSA) is 46.5 Å². The van der Waals surface area contributed by atoms with Crippen LogP contribution in [-0.2, 0) is 4.74 Å². The van der Waals surface area contributed by atoms with Crippen molar-refractivity contribution in [1.29, 1.82) is 0 Å². The van der Waals surface area contributed by atoms with Gasteiger partial charge in [0, 0.05) is 15.4 Å². The van der Waals surface area contributed by atoms with Gasteiger partial charge in [-0.25, -0.2) is 4.79 Å². The maximum atomic E-state index is 12.7. The van der Waals surface area contributed by atoms with Crippen molar-refractivity contribution in [1.82, 2.24) is 0 Å². The molecule has 0 fully saturated rings. The van der Waals surface area contributed by atoms with E-state index in [2.05, 4.69) is 31.9 Å². The fraction of sp³-hybridized carbons (Fsp3) is 0.476. The van der Waals surface area contributed by atoms with E-state index in [1.165, 1.54) is 12.2 Å². The molecule has 1 aromatic rings. The van der Waals surface area contributed by atoms with Crippen LogP contribution in [0.5, 0.6) is 0 Å². The number of allylic oxidation sites excluding steroid dienone is 2. The van der Waals surface area contributed by atoms with Crippen LogP contribution >= 0.6 is 31.9 Å². The normalized spacial score (nSPS) is 26.3. The van der Waals surface area contributed by atoms with Crippen molar-refractivity contribution in [2.24, 2.45) is 11.8 Å². The molecule has 0 amide bonds. The van der Waals surface area contributed by atoms with E-state index in [4.69, 9.17) is 9.84 Å². The summed E-state index contributed by atoms with van der Waals surface area (Å²) < 4.78 is 80.5. The molecular weight excluding hydrogens is 574 g/mol. The summed E-state index contributed by atoms with van der Waals surface area (Å²) in [5, 5.41) is 9.10. The van der Waals surface area contributed by atoms with Gasteiger partial charge in [-0.3, -0.25) is 0 Å². The number of alkyl halides is 6. The number of hydrogen-bond donors (Lipinski definition) is 1. The van der Waals surface area contributed by atoms with Crippen LogP contribution in [-0.4, -0.2) is 35.6 Å². The lowest BCUT2D eigenvalue weighted by Gasteiger charge is -2.28. The van der Waals surface area contributed by atoms with E-state index < -0.39 is 42.4 Å².